The van der Waals surface area contributed by atoms with Crippen molar-refractivity contribution in [3.05, 3.63) is 23.3 Å². The molecule has 2 aliphatic carbocycles. The van der Waals surface area contributed by atoms with Crippen LogP contribution >= 0.6 is 0 Å². The molecule has 1 aromatic rings. The molecule has 1 aromatic carbocycles. The Balaban J connectivity index is 1.55. The molecule has 5 heteroatoms. The van der Waals surface area contributed by atoms with Gasteiger partial charge in [-0.15, -0.1) is 0 Å². The summed E-state index contributed by atoms with van der Waals surface area (Å²) in [5, 5.41) is 0. The fourth-order valence-electron chi connectivity index (χ4n) is 5.85. The number of fused-ring (bicyclic) bond motifs is 3. The number of hydrogen-bond donors (Lipinski definition) is 1. The largest absolute Gasteiger partial charge is 0.486 e. The number of carbonyl (C=O) groups is 1. The highest BCUT2D eigenvalue weighted by atomic mass is 16.6. The van der Waals surface area contributed by atoms with E-state index < -0.39 is 0 Å². The van der Waals surface area contributed by atoms with Gasteiger partial charge in [-0.3, -0.25) is 4.79 Å². The maximum Gasteiger partial charge on any atom is 0.226 e. The van der Waals surface area contributed by atoms with Crippen LogP contribution in [0.15, 0.2) is 12.1 Å². The molecule has 3 atom stereocenters. The van der Waals surface area contributed by atoms with E-state index in [9.17, 15) is 4.79 Å². The van der Waals surface area contributed by atoms with Crippen LogP contribution in [-0.4, -0.2) is 36.6 Å². The van der Waals surface area contributed by atoms with Gasteiger partial charge in [-0.1, -0.05) is 12.8 Å². The molecule has 5 nitrogen and oxygen atoms in total. The zero-order valence-corrected chi connectivity index (χ0v) is 16.2. The van der Waals surface area contributed by atoms with Crippen LogP contribution in [-0.2, 0) is 10.2 Å². The van der Waals surface area contributed by atoms with Crippen LogP contribution in [0.25, 0.3) is 0 Å². The summed E-state index contributed by atoms with van der Waals surface area (Å²) in [5.74, 6) is 2.11. The minimum atomic E-state index is 0.0753. The molecule has 146 valence electrons. The second-order valence-electron chi connectivity index (χ2n) is 8.98. The van der Waals surface area contributed by atoms with Gasteiger partial charge in [-0.25, -0.2) is 0 Å². The number of hydrogen-bond acceptors (Lipinski definition) is 4. The first-order valence-electron chi connectivity index (χ1n) is 10.6. The van der Waals surface area contributed by atoms with Gasteiger partial charge in [0.25, 0.3) is 0 Å². The van der Waals surface area contributed by atoms with E-state index in [1.165, 1.54) is 24.0 Å². The third-order valence-corrected chi connectivity index (χ3v) is 7.34. The van der Waals surface area contributed by atoms with Gasteiger partial charge in [-0.2, -0.15) is 0 Å². The van der Waals surface area contributed by atoms with Crippen molar-refractivity contribution >= 4 is 5.91 Å². The molecular formula is C22H30N2O3. The number of benzene rings is 1. The summed E-state index contributed by atoms with van der Waals surface area (Å²) in [5.41, 5.74) is 8.82. The lowest BCUT2D eigenvalue weighted by atomic mass is 9.71. The van der Waals surface area contributed by atoms with E-state index in [0.717, 1.165) is 50.1 Å². The van der Waals surface area contributed by atoms with E-state index in [1.54, 1.807) is 0 Å². The number of carbonyl (C=O) groups excluding carboxylic acids is 1. The average molecular weight is 370 g/mol. The standard InChI is InChI=1S/C22H30N2O3/c1-14-17-11-19-20(27-9-8-26-19)12-18(17)22(6-2-3-7-22)13-24(14)21(25)15-4-5-16(23)10-15/h11-12,14-16H,2-10,13,23H2,1H3. The second-order valence-corrected chi connectivity index (χ2v) is 8.98. The molecule has 0 saturated heterocycles. The normalized spacial score (nSPS) is 31.2. The molecule has 0 aromatic heterocycles. The Kier molecular flexibility index (Phi) is 4.12. The van der Waals surface area contributed by atoms with Gasteiger partial charge in [0.05, 0.1) is 6.04 Å². The van der Waals surface area contributed by atoms with Gasteiger partial charge in [0.2, 0.25) is 5.91 Å². The topological polar surface area (TPSA) is 64.8 Å². The Hall–Kier alpha value is -1.75. The highest BCUT2D eigenvalue weighted by molar-refractivity contribution is 5.80. The third kappa shape index (κ3) is 2.74. The van der Waals surface area contributed by atoms with Gasteiger partial charge >= 0.3 is 0 Å². The smallest absolute Gasteiger partial charge is 0.226 e. The van der Waals surface area contributed by atoms with E-state index in [1.807, 2.05) is 0 Å². The fraction of sp³-hybridized carbons (Fsp3) is 0.682. The van der Waals surface area contributed by atoms with Crippen molar-refractivity contribution in [2.45, 2.75) is 69.4 Å². The Morgan fingerprint density at radius 2 is 1.85 bits per heavy atom. The first kappa shape index (κ1) is 17.4. The average Bonchev–Trinajstić information content (AvgIpc) is 3.33. The molecule has 0 radical (unpaired) electrons. The monoisotopic (exact) mass is 370 g/mol. The third-order valence-electron chi connectivity index (χ3n) is 7.34. The summed E-state index contributed by atoms with van der Waals surface area (Å²) < 4.78 is 11.7. The Bertz CT molecular complexity index is 756. The van der Waals surface area contributed by atoms with E-state index in [-0.39, 0.29) is 23.4 Å². The molecule has 2 saturated carbocycles. The molecule has 2 N–H and O–H groups in total. The molecule has 2 fully saturated rings. The van der Waals surface area contributed by atoms with Crippen molar-refractivity contribution in [1.29, 1.82) is 0 Å². The summed E-state index contributed by atoms with van der Waals surface area (Å²) >= 11 is 0. The van der Waals surface area contributed by atoms with Crippen molar-refractivity contribution in [3.63, 3.8) is 0 Å². The predicted octanol–water partition coefficient (Wildman–Crippen LogP) is 3.30. The van der Waals surface area contributed by atoms with E-state index in [0.29, 0.717) is 19.1 Å². The summed E-state index contributed by atoms with van der Waals surface area (Å²) in [4.78, 5) is 15.6. The van der Waals surface area contributed by atoms with Gasteiger partial charge in [0.15, 0.2) is 11.5 Å². The molecule has 3 unspecified atom stereocenters. The zero-order valence-electron chi connectivity index (χ0n) is 16.2. The Labute approximate surface area is 161 Å². The molecule has 4 aliphatic rings. The highest BCUT2D eigenvalue weighted by Crippen LogP contribution is 2.52. The number of rotatable bonds is 1. The Morgan fingerprint density at radius 3 is 2.52 bits per heavy atom. The zero-order chi connectivity index (χ0) is 18.6. The van der Waals surface area contributed by atoms with Crippen molar-refractivity contribution in [2.24, 2.45) is 11.7 Å². The van der Waals surface area contributed by atoms with Gasteiger partial charge < -0.3 is 20.1 Å². The lowest BCUT2D eigenvalue weighted by molar-refractivity contribution is -0.139. The molecule has 1 spiro atoms. The second kappa shape index (κ2) is 6.40. The summed E-state index contributed by atoms with van der Waals surface area (Å²) in [6, 6.07) is 4.63. The van der Waals surface area contributed by atoms with Crippen molar-refractivity contribution in [1.82, 2.24) is 4.90 Å². The molecule has 5 rings (SSSR count). The summed E-state index contributed by atoms with van der Waals surface area (Å²) in [6.07, 6.45) is 7.52. The maximum atomic E-state index is 13.4. The highest BCUT2D eigenvalue weighted by Gasteiger charge is 2.47. The maximum absolute atomic E-state index is 13.4. The number of ether oxygens (including phenoxy) is 2. The quantitative estimate of drug-likeness (QED) is 0.824. The number of amides is 1. The molecule has 2 aliphatic heterocycles. The van der Waals surface area contributed by atoms with E-state index in [2.05, 4.69) is 24.0 Å². The van der Waals surface area contributed by atoms with Crippen LogP contribution in [0.1, 0.15) is 69.0 Å². The van der Waals surface area contributed by atoms with E-state index in [4.69, 9.17) is 15.2 Å². The van der Waals surface area contributed by atoms with E-state index >= 15 is 0 Å². The molecular weight excluding hydrogens is 340 g/mol. The van der Waals surface area contributed by atoms with Crippen LogP contribution in [0.4, 0.5) is 0 Å². The molecule has 27 heavy (non-hydrogen) atoms. The lowest BCUT2D eigenvalue weighted by Crippen LogP contribution is -2.50. The molecule has 1 amide bonds. The van der Waals surface area contributed by atoms with Crippen LogP contribution in [0.3, 0.4) is 0 Å². The minimum absolute atomic E-state index is 0.0753. The van der Waals surface area contributed by atoms with Crippen LogP contribution in [0.2, 0.25) is 0 Å². The van der Waals surface area contributed by atoms with Gasteiger partial charge in [0.1, 0.15) is 13.2 Å². The fourth-order valence-corrected chi connectivity index (χ4v) is 5.85. The molecule has 2 heterocycles. The van der Waals surface area contributed by atoms with Gasteiger partial charge in [-0.05, 0) is 62.3 Å². The number of nitrogens with two attached hydrogens (primary N) is 1. The van der Waals surface area contributed by atoms with Crippen molar-refractivity contribution in [2.75, 3.05) is 19.8 Å². The van der Waals surface area contributed by atoms with Gasteiger partial charge in [0, 0.05) is 23.9 Å². The lowest BCUT2D eigenvalue weighted by Gasteiger charge is -2.47. The summed E-state index contributed by atoms with van der Waals surface area (Å²) in [6.45, 7) is 4.21. The first-order chi connectivity index (χ1) is 13.1. The minimum Gasteiger partial charge on any atom is -0.486 e. The SMILES string of the molecule is CC1c2cc3c(cc2C2(CCCC2)CN1C(=O)C1CCC(N)C1)OCCO3. The van der Waals surface area contributed by atoms with Crippen molar-refractivity contribution < 1.29 is 14.3 Å². The summed E-state index contributed by atoms with van der Waals surface area (Å²) in [7, 11) is 0. The van der Waals surface area contributed by atoms with Crippen molar-refractivity contribution in [3.8, 4) is 11.5 Å². The Morgan fingerprint density at radius 1 is 1.15 bits per heavy atom. The predicted molar refractivity (Wildman–Crippen MR) is 103 cm³/mol. The number of nitrogens with zero attached hydrogens (tertiary/aromatic N) is 1. The van der Waals surface area contributed by atoms with Crippen LogP contribution in [0.5, 0.6) is 11.5 Å². The van der Waals surface area contributed by atoms with Crippen LogP contribution < -0.4 is 15.2 Å². The van der Waals surface area contributed by atoms with Crippen LogP contribution in [0, 0.1) is 5.92 Å². The molecule has 0 bridgehead atoms. The first-order valence-corrected chi connectivity index (χ1v) is 10.6.